The minimum atomic E-state index is -0.616. The predicted octanol–water partition coefficient (Wildman–Crippen LogP) is 1.16. The number of para-hydroxylation sites is 1. The summed E-state index contributed by atoms with van der Waals surface area (Å²) in [7, 11) is 0. The second-order valence-electron chi connectivity index (χ2n) is 5.17. The van der Waals surface area contributed by atoms with Crippen molar-refractivity contribution in [2.45, 2.75) is 19.5 Å². The lowest BCUT2D eigenvalue weighted by Crippen LogP contribution is -2.41. The Bertz CT molecular complexity index is 953. The molecule has 7 nitrogen and oxygen atoms in total. The lowest BCUT2D eigenvalue weighted by atomic mass is 10.2. The summed E-state index contributed by atoms with van der Waals surface area (Å²) < 4.78 is 6.08. The molecular weight excluding hydrogens is 298 g/mol. The first kappa shape index (κ1) is 14.8. The molecule has 0 radical (unpaired) electrons. The van der Waals surface area contributed by atoms with Crippen molar-refractivity contribution >= 4 is 16.8 Å². The highest BCUT2D eigenvalue weighted by atomic mass is 16.3. The number of hydrogen-bond acceptors (Lipinski definition) is 4. The summed E-state index contributed by atoms with van der Waals surface area (Å²) in [5, 5.41) is 3.05. The Kier molecular flexibility index (Phi) is 3.84. The van der Waals surface area contributed by atoms with Gasteiger partial charge in [0, 0.05) is 0 Å². The summed E-state index contributed by atoms with van der Waals surface area (Å²) in [5.41, 5.74) is -0.664. The first-order valence-electron chi connectivity index (χ1n) is 7.11. The molecule has 0 bridgehead atoms. The van der Waals surface area contributed by atoms with Crippen molar-refractivity contribution in [1.29, 1.82) is 0 Å². The molecule has 1 aromatic carbocycles. The fraction of sp³-hybridized carbons (Fsp3) is 0.188. The molecule has 3 aromatic rings. The van der Waals surface area contributed by atoms with Gasteiger partial charge in [0.1, 0.15) is 12.3 Å². The quantitative estimate of drug-likeness (QED) is 0.755. The van der Waals surface area contributed by atoms with Crippen LogP contribution < -0.4 is 16.6 Å². The maximum atomic E-state index is 12.3. The van der Waals surface area contributed by atoms with Gasteiger partial charge >= 0.3 is 5.69 Å². The van der Waals surface area contributed by atoms with Crippen LogP contribution in [0, 0.1) is 0 Å². The van der Waals surface area contributed by atoms with Crippen LogP contribution in [0.25, 0.3) is 10.9 Å². The van der Waals surface area contributed by atoms with Crippen molar-refractivity contribution in [3.05, 3.63) is 69.3 Å². The van der Waals surface area contributed by atoms with Gasteiger partial charge in [0.25, 0.3) is 5.56 Å². The Morgan fingerprint density at radius 1 is 1.26 bits per heavy atom. The largest absolute Gasteiger partial charge is 0.467 e. The van der Waals surface area contributed by atoms with Crippen molar-refractivity contribution in [2.75, 3.05) is 0 Å². The maximum absolute atomic E-state index is 12.3. The van der Waals surface area contributed by atoms with Gasteiger partial charge in [0.2, 0.25) is 5.91 Å². The van der Waals surface area contributed by atoms with Crippen LogP contribution in [0.5, 0.6) is 0 Å². The minimum absolute atomic E-state index is 0.354. The normalized spacial score (nSPS) is 12.2. The van der Waals surface area contributed by atoms with Crippen LogP contribution >= 0.6 is 0 Å². The zero-order chi connectivity index (χ0) is 16.4. The van der Waals surface area contributed by atoms with E-state index in [9.17, 15) is 14.4 Å². The van der Waals surface area contributed by atoms with Crippen molar-refractivity contribution in [2.24, 2.45) is 0 Å². The van der Waals surface area contributed by atoms with Gasteiger partial charge in [-0.15, -0.1) is 0 Å². The van der Waals surface area contributed by atoms with Crippen LogP contribution in [-0.4, -0.2) is 15.5 Å². The number of aromatic nitrogens is 2. The Hall–Kier alpha value is -3.09. The molecule has 0 saturated heterocycles. The molecule has 3 rings (SSSR count). The van der Waals surface area contributed by atoms with Crippen LogP contribution in [-0.2, 0) is 11.3 Å². The number of fused-ring (bicyclic) bond motifs is 1. The molecule has 0 aliphatic rings. The van der Waals surface area contributed by atoms with Crippen LogP contribution in [0.1, 0.15) is 18.7 Å². The smallest absolute Gasteiger partial charge is 0.329 e. The van der Waals surface area contributed by atoms with Gasteiger partial charge in [-0.1, -0.05) is 12.1 Å². The molecular formula is C16H15N3O4. The second-order valence-corrected chi connectivity index (χ2v) is 5.17. The number of H-pyrrole nitrogens is 1. The Morgan fingerprint density at radius 3 is 2.78 bits per heavy atom. The molecule has 0 aliphatic carbocycles. The third kappa shape index (κ3) is 2.94. The number of nitrogens with zero attached hydrogens (tertiary/aromatic N) is 1. The van der Waals surface area contributed by atoms with E-state index in [1.165, 1.54) is 6.26 Å². The van der Waals surface area contributed by atoms with E-state index in [4.69, 9.17) is 4.42 Å². The number of aromatic amines is 1. The van der Waals surface area contributed by atoms with Crippen LogP contribution in [0.4, 0.5) is 0 Å². The lowest BCUT2D eigenvalue weighted by molar-refractivity contribution is -0.122. The molecule has 1 amide bonds. The maximum Gasteiger partial charge on any atom is 0.329 e. The van der Waals surface area contributed by atoms with Crippen LogP contribution in [0.3, 0.4) is 0 Å². The average molecular weight is 313 g/mol. The zero-order valence-electron chi connectivity index (χ0n) is 12.4. The van der Waals surface area contributed by atoms with Gasteiger partial charge in [0.05, 0.1) is 23.2 Å². The predicted molar refractivity (Wildman–Crippen MR) is 84.1 cm³/mol. The summed E-state index contributed by atoms with van der Waals surface area (Å²) in [6.07, 6.45) is 1.51. The van der Waals surface area contributed by atoms with E-state index in [1.54, 1.807) is 43.3 Å². The fourth-order valence-corrected chi connectivity index (χ4v) is 2.38. The third-order valence-electron chi connectivity index (χ3n) is 3.54. The van der Waals surface area contributed by atoms with Gasteiger partial charge in [-0.05, 0) is 31.2 Å². The lowest BCUT2D eigenvalue weighted by Gasteiger charge is -2.12. The molecule has 2 aromatic heterocycles. The van der Waals surface area contributed by atoms with Crippen molar-refractivity contribution < 1.29 is 9.21 Å². The average Bonchev–Trinajstić information content (AvgIpc) is 3.06. The summed E-state index contributed by atoms with van der Waals surface area (Å²) in [4.78, 5) is 39.0. The molecule has 0 saturated carbocycles. The molecule has 1 atom stereocenters. The molecule has 7 heteroatoms. The van der Waals surface area contributed by atoms with E-state index in [1.807, 2.05) is 0 Å². The van der Waals surface area contributed by atoms with E-state index >= 15 is 0 Å². The first-order valence-corrected chi connectivity index (χ1v) is 7.11. The number of nitrogens with one attached hydrogen (secondary N) is 2. The van der Waals surface area contributed by atoms with Crippen molar-refractivity contribution in [1.82, 2.24) is 14.9 Å². The summed E-state index contributed by atoms with van der Waals surface area (Å²) in [6, 6.07) is 9.77. The highest BCUT2D eigenvalue weighted by Crippen LogP contribution is 2.11. The van der Waals surface area contributed by atoms with Gasteiger partial charge in [-0.25, -0.2) is 4.79 Å². The number of furan rings is 1. The second kappa shape index (κ2) is 5.96. The monoisotopic (exact) mass is 313 g/mol. The molecule has 0 fully saturated rings. The highest BCUT2D eigenvalue weighted by molar-refractivity contribution is 5.79. The molecule has 118 valence electrons. The number of hydrogen-bond donors (Lipinski definition) is 2. The molecule has 1 unspecified atom stereocenters. The van der Waals surface area contributed by atoms with E-state index in [2.05, 4.69) is 10.3 Å². The summed E-state index contributed by atoms with van der Waals surface area (Å²) in [6.45, 7) is 1.40. The summed E-state index contributed by atoms with van der Waals surface area (Å²) in [5.74, 6) is 0.148. The molecule has 2 N–H and O–H groups in total. The third-order valence-corrected chi connectivity index (χ3v) is 3.54. The SMILES string of the molecule is CC(NC(=O)Cn1c(=O)[nH]c2ccccc2c1=O)c1ccco1. The minimum Gasteiger partial charge on any atom is -0.467 e. The molecule has 0 aliphatic heterocycles. The van der Waals surface area contributed by atoms with Crippen molar-refractivity contribution in [3.63, 3.8) is 0 Å². The van der Waals surface area contributed by atoms with Gasteiger partial charge < -0.3 is 14.7 Å². The highest BCUT2D eigenvalue weighted by Gasteiger charge is 2.15. The number of amides is 1. The number of carbonyl (C=O) groups excluding carboxylic acids is 1. The van der Waals surface area contributed by atoms with E-state index < -0.39 is 17.2 Å². The zero-order valence-corrected chi connectivity index (χ0v) is 12.4. The molecule has 2 heterocycles. The first-order chi connectivity index (χ1) is 11.1. The molecule has 0 spiro atoms. The number of rotatable bonds is 4. The fourth-order valence-electron chi connectivity index (χ4n) is 2.38. The number of carbonyl (C=O) groups is 1. The summed E-state index contributed by atoms with van der Waals surface area (Å²) >= 11 is 0. The van der Waals surface area contributed by atoms with Gasteiger partial charge in [0.15, 0.2) is 0 Å². The molecule has 23 heavy (non-hydrogen) atoms. The van der Waals surface area contributed by atoms with E-state index in [-0.39, 0.29) is 12.6 Å². The Morgan fingerprint density at radius 2 is 2.04 bits per heavy atom. The van der Waals surface area contributed by atoms with E-state index in [0.29, 0.717) is 16.7 Å². The topological polar surface area (TPSA) is 97.1 Å². The van der Waals surface area contributed by atoms with Gasteiger partial charge in [-0.3, -0.25) is 14.2 Å². The van der Waals surface area contributed by atoms with Crippen LogP contribution in [0.15, 0.2) is 56.7 Å². The Labute approximate surface area is 130 Å². The number of benzene rings is 1. The standard InChI is InChI=1S/C16H15N3O4/c1-10(13-7-4-8-23-13)17-14(20)9-19-15(21)11-5-2-3-6-12(11)18-16(19)22/h2-8,10H,9H2,1H3,(H,17,20)(H,18,22). The van der Waals surface area contributed by atoms with Crippen LogP contribution in [0.2, 0.25) is 0 Å². The Balaban J connectivity index is 1.85. The van der Waals surface area contributed by atoms with E-state index in [0.717, 1.165) is 4.57 Å². The van der Waals surface area contributed by atoms with Gasteiger partial charge in [-0.2, -0.15) is 0 Å². The van der Waals surface area contributed by atoms with Crippen molar-refractivity contribution in [3.8, 4) is 0 Å².